The third-order valence-corrected chi connectivity index (χ3v) is 6.88. The molecule has 1 atom stereocenters. The number of carbonyl (C=O) groups excluding carboxylic acids is 2. The smallest absolute Gasteiger partial charge is 0.242 e. The minimum Gasteiger partial charge on any atom is -0.491 e. The summed E-state index contributed by atoms with van der Waals surface area (Å²) in [4.78, 5) is 31.2. The average Bonchev–Trinajstić information content (AvgIpc) is 3.26. The van der Waals surface area contributed by atoms with Gasteiger partial charge in [0.05, 0.1) is 12.6 Å². The van der Waals surface area contributed by atoms with Gasteiger partial charge in [0.2, 0.25) is 11.8 Å². The van der Waals surface area contributed by atoms with Crippen molar-refractivity contribution in [3.05, 3.63) is 51.7 Å². The predicted molar refractivity (Wildman–Crippen MR) is 132 cm³/mol. The molecule has 1 aliphatic rings. The van der Waals surface area contributed by atoms with Crippen molar-refractivity contribution in [2.45, 2.75) is 46.1 Å². The monoisotopic (exact) mass is 472 g/mol. The Morgan fingerprint density at radius 3 is 2.67 bits per heavy atom. The molecule has 0 saturated heterocycles. The molecule has 1 aromatic heterocycles. The molecule has 2 heterocycles. The highest BCUT2D eigenvalue weighted by Gasteiger charge is 2.33. The first kappa shape index (κ1) is 25.2. The van der Waals surface area contributed by atoms with Crippen LogP contribution in [0.5, 0.6) is 5.75 Å². The highest BCUT2D eigenvalue weighted by molar-refractivity contribution is 7.10. The number of amides is 2. The molecule has 2 amide bonds. The second-order valence-corrected chi connectivity index (χ2v) is 10.0. The van der Waals surface area contributed by atoms with Crippen LogP contribution in [-0.2, 0) is 20.7 Å². The van der Waals surface area contributed by atoms with Gasteiger partial charge in [-0.3, -0.25) is 9.59 Å². The number of methoxy groups -OCH3 is 1. The highest BCUT2D eigenvalue weighted by atomic mass is 32.1. The van der Waals surface area contributed by atoms with Gasteiger partial charge in [0.25, 0.3) is 0 Å². The van der Waals surface area contributed by atoms with Crippen LogP contribution in [0.1, 0.15) is 48.7 Å². The summed E-state index contributed by atoms with van der Waals surface area (Å²) in [5.41, 5.74) is 2.34. The summed E-state index contributed by atoms with van der Waals surface area (Å²) in [6.45, 7) is 8.29. The largest absolute Gasteiger partial charge is 0.491 e. The van der Waals surface area contributed by atoms with E-state index in [1.807, 2.05) is 49.9 Å². The average molecular weight is 473 g/mol. The Kier molecular flexibility index (Phi) is 9.32. The molecule has 0 bridgehead atoms. The van der Waals surface area contributed by atoms with Gasteiger partial charge < -0.3 is 19.3 Å². The van der Waals surface area contributed by atoms with Crippen LogP contribution in [-0.4, -0.2) is 61.6 Å². The minimum absolute atomic E-state index is 0.0233. The summed E-state index contributed by atoms with van der Waals surface area (Å²) in [7, 11) is 1.65. The summed E-state index contributed by atoms with van der Waals surface area (Å²) >= 11 is 1.73. The molecule has 1 aliphatic heterocycles. The molecule has 6 nitrogen and oxygen atoms in total. The van der Waals surface area contributed by atoms with E-state index in [0.717, 1.165) is 17.7 Å². The van der Waals surface area contributed by atoms with E-state index >= 15 is 0 Å². The van der Waals surface area contributed by atoms with Crippen molar-refractivity contribution >= 4 is 23.2 Å². The summed E-state index contributed by atoms with van der Waals surface area (Å²) < 4.78 is 11.3. The van der Waals surface area contributed by atoms with Crippen LogP contribution in [0.2, 0.25) is 0 Å². The zero-order chi connectivity index (χ0) is 23.8. The number of hydrogen-bond acceptors (Lipinski definition) is 5. The maximum Gasteiger partial charge on any atom is 0.242 e. The second kappa shape index (κ2) is 12.2. The zero-order valence-corrected chi connectivity index (χ0v) is 21.0. The Labute approximate surface area is 201 Å². The van der Waals surface area contributed by atoms with Gasteiger partial charge in [0.15, 0.2) is 0 Å². The summed E-state index contributed by atoms with van der Waals surface area (Å²) in [6.07, 6.45) is 1.99. The second-order valence-electron chi connectivity index (χ2n) is 9.04. The van der Waals surface area contributed by atoms with Crippen LogP contribution in [0, 0.1) is 12.8 Å². The Morgan fingerprint density at radius 1 is 1.21 bits per heavy atom. The third-order valence-electron chi connectivity index (χ3n) is 5.88. The van der Waals surface area contributed by atoms with Crippen molar-refractivity contribution in [3.8, 4) is 5.75 Å². The lowest BCUT2D eigenvalue weighted by Gasteiger charge is -2.37. The fourth-order valence-electron chi connectivity index (χ4n) is 4.11. The molecular formula is C26H36N2O4S. The van der Waals surface area contributed by atoms with E-state index in [4.69, 9.17) is 9.47 Å². The van der Waals surface area contributed by atoms with E-state index in [1.54, 1.807) is 23.3 Å². The van der Waals surface area contributed by atoms with Crippen molar-refractivity contribution < 1.29 is 19.1 Å². The maximum atomic E-state index is 13.5. The van der Waals surface area contributed by atoms with Crippen molar-refractivity contribution in [2.75, 3.05) is 40.0 Å². The van der Waals surface area contributed by atoms with Gasteiger partial charge in [-0.1, -0.05) is 31.5 Å². The number of aryl methyl sites for hydroxylation is 1. The van der Waals surface area contributed by atoms with E-state index in [1.165, 1.54) is 10.4 Å². The van der Waals surface area contributed by atoms with E-state index in [9.17, 15) is 9.59 Å². The maximum absolute atomic E-state index is 13.5. The molecule has 0 saturated carbocycles. The molecule has 0 aliphatic carbocycles. The lowest BCUT2D eigenvalue weighted by Crippen LogP contribution is -2.48. The SMILES string of the molecule is COCCCN(CC(=O)N1CCc2sccc2C1COc1ccc(C)cc1)C(=O)CC(C)C. The Balaban J connectivity index is 1.73. The molecular weight excluding hydrogens is 436 g/mol. The highest BCUT2D eigenvalue weighted by Crippen LogP contribution is 2.34. The lowest BCUT2D eigenvalue weighted by molar-refractivity contribution is -0.143. The number of rotatable bonds is 11. The molecule has 0 spiro atoms. The molecule has 180 valence electrons. The third kappa shape index (κ3) is 7.05. The molecule has 1 aromatic carbocycles. The molecule has 7 heteroatoms. The van der Waals surface area contributed by atoms with Crippen molar-refractivity contribution in [1.82, 2.24) is 9.80 Å². The Morgan fingerprint density at radius 2 is 1.97 bits per heavy atom. The van der Waals surface area contributed by atoms with Crippen LogP contribution in [0.15, 0.2) is 35.7 Å². The van der Waals surface area contributed by atoms with Gasteiger partial charge in [-0.25, -0.2) is 0 Å². The van der Waals surface area contributed by atoms with Crippen LogP contribution in [0.3, 0.4) is 0 Å². The topological polar surface area (TPSA) is 59.1 Å². The van der Waals surface area contributed by atoms with Gasteiger partial charge in [-0.05, 0) is 54.8 Å². The van der Waals surface area contributed by atoms with Gasteiger partial charge in [-0.15, -0.1) is 11.3 Å². The Bertz CT molecular complexity index is 909. The number of ether oxygens (including phenoxy) is 2. The number of thiophene rings is 1. The quantitative estimate of drug-likeness (QED) is 0.453. The van der Waals surface area contributed by atoms with Crippen molar-refractivity contribution in [3.63, 3.8) is 0 Å². The standard InChI is InChI=1S/C26H36N2O4S/c1-19(2)16-25(29)27(12-5-14-31-4)17-26(30)28-13-10-24-22(11-15-33-24)23(28)18-32-21-8-6-20(3)7-9-21/h6-9,11,15,19,23H,5,10,12-14,16-18H2,1-4H3. The first-order valence-electron chi connectivity index (χ1n) is 11.7. The first-order valence-corrected chi connectivity index (χ1v) is 12.6. The molecule has 33 heavy (non-hydrogen) atoms. The van der Waals surface area contributed by atoms with Crippen LogP contribution < -0.4 is 4.74 Å². The number of hydrogen-bond donors (Lipinski definition) is 0. The van der Waals surface area contributed by atoms with Gasteiger partial charge in [0, 0.05) is 38.1 Å². The summed E-state index contributed by atoms with van der Waals surface area (Å²) in [5, 5.41) is 2.08. The zero-order valence-electron chi connectivity index (χ0n) is 20.2. The van der Waals surface area contributed by atoms with E-state index < -0.39 is 0 Å². The first-order chi connectivity index (χ1) is 15.9. The molecule has 1 unspecified atom stereocenters. The van der Waals surface area contributed by atoms with Crippen LogP contribution >= 0.6 is 11.3 Å². The number of fused-ring (bicyclic) bond motifs is 1. The molecule has 3 rings (SSSR count). The van der Waals surface area contributed by atoms with E-state index in [0.29, 0.717) is 39.1 Å². The van der Waals surface area contributed by atoms with Crippen LogP contribution in [0.4, 0.5) is 0 Å². The van der Waals surface area contributed by atoms with Gasteiger partial charge in [0.1, 0.15) is 12.4 Å². The summed E-state index contributed by atoms with van der Waals surface area (Å²) in [6, 6.07) is 9.90. The fraction of sp³-hybridized carbons (Fsp3) is 0.538. The predicted octanol–water partition coefficient (Wildman–Crippen LogP) is 4.47. The van der Waals surface area contributed by atoms with E-state index in [2.05, 4.69) is 11.4 Å². The number of nitrogens with zero attached hydrogens (tertiary/aromatic N) is 2. The molecule has 2 aromatic rings. The minimum atomic E-state index is -0.158. The van der Waals surface area contributed by atoms with E-state index in [-0.39, 0.29) is 30.3 Å². The van der Waals surface area contributed by atoms with Crippen molar-refractivity contribution in [2.24, 2.45) is 5.92 Å². The molecule has 0 fully saturated rings. The normalized spacial score (nSPS) is 15.4. The molecule has 0 N–H and O–H groups in total. The van der Waals surface area contributed by atoms with Crippen molar-refractivity contribution in [1.29, 1.82) is 0 Å². The number of carbonyl (C=O) groups is 2. The van der Waals surface area contributed by atoms with Gasteiger partial charge in [-0.2, -0.15) is 0 Å². The van der Waals surface area contributed by atoms with Gasteiger partial charge >= 0.3 is 0 Å². The number of benzene rings is 1. The lowest BCUT2D eigenvalue weighted by atomic mass is 10.00. The summed E-state index contributed by atoms with van der Waals surface area (Å²) in [5.74, 6) is 1.04. The Hall–Kier alpha value is -2.38. The fourth-order valence-corrected chi connectivity index (χ4v) is 5.04. The van der Waals surface area contributed by atoms with Crippen LogP contribution in [0.25, 0.3) is 0 Å². The molecule has 0 radical (unpaired) electrons.